The number of anilines is 1. The van der Waals surface area contributed by atoms with E-state index in [1.54, 1.807) is 0 Å². The minimum atomic E-state index is 0.669. The van der Waals surface area contributed by atoms with Crippen molar-refractivity contribution in [3.05, 3.63) is 11.8 Å². The Bertz CT molecular complexity index is 228. The molecule has 3 N–H and O–H groups in total. The van der Waals surface area contributed by atoms with Crippen LogP contribution in [0.1, 0.15) is 5.69 Å². The largest absolute Gasteiger partial charge is 0.372 e. The molecule has 62 valence electrons. The van der Waals surface area contributed by atoms with Crippen molar-refractivity contribution in [2.24, 2.45) is 12.8 Å². The number of nitrogens with two attached hydrogens (primary N) is 1. The van der Waals surface area contributed by atoms with E-state index >= 15 is 0 Å². The van der Waals surface area contributed by atoms with Gasteiger partial charge in [-0.1, -0.05) is 0 Å². The third kappa shape index (κ3) is 1.71. The van der Waals surface area contributed by atoms with Gasteiger partial charge in [0, 0.05) is 32.3 Å². The Morgan fingerprint density at radius 2 is 2.45 bits per heavy atom. The summed E-state index contributed by atoms with van der Waals surface area (Å²) in [5, 5.41) is 7.17. The van der Waals surface area contributed by atoms with Gasteiger partial charge < -0.3 is 11.1 Å². The molecule has 0 fully saturated rings. The predicted molar refractivity (Wildman–Crippen MR) is 45.5 cm³/mol. The number of nitrogens with zero attached hydrogens (tertiary/aromatic N) is 2. The summed E-state index contributed by atoms with van der Waals surface area (Å²) < 4.78 is 1.85. The Labute approximate surface area is 66.4 Å². The highest BCUT2D eigenvalue weighted by Crippen LogP contribution is 2.06. The van der Waals surface area contributed by atoms with Crippen LogP contribution in [0.4, 0.5) is 5.82 Å². The second kappa shape index (κ2) is 3.39. The summed E-state index contributed by atoms with van der Waals surface area (Å²) in [7, 11) is 3.78. The number of rotatable bonds is 3. The van der Waals surface area contributed by atoms with Crippen LogP contribution < -0.4 is 11.1 Å². The molecule has 0 amide bonds. The normalized spacial score (nSPS) is 10.1. The first kappa shape index (κ1) is 8.07. The Morgan fingerprint density at radius 3 is 2.91 bits per heavy atom. The molecule has 0 bridgehead atoms. The number of hydrogen-bond donors (Lipinski definition) is 2. The third-order valence-corrected chi connectivity index (χ3v) is 1.63. The van der Waals surface area contributed by atoms with Crippen molar-refractivity contribution in [3.8, 4) is 0 Å². The van der Waals surface area contributed by atoms with Gasteiger partial charge >= 0.3 is 0 Å². The van der Waals surface area contributed by atoms with Crippen molar-refractivity contribution >= 4 is 5.82 Å². The van der Waals surface area contributed by atoms with E-state index in [2.05, 4.69) is 10.4 Å². The van der Waals surface area contributed by atoms with Crippen molar-refractivity contribution in [2.45, 2.75) is 6.42 Å². The molecule has 4 heteroatoms. The molecule has 0 saturated heterocycles. The van der Waals surface area contributed by atoms with E-state index < -0.39 is 0 Å². The van der Waals surface area contributed by atoms with Gasteiger partial charge in [-0.25, -0.2) is 0 Å². The van der Waals surface area contributed by atoms with Crippen LogP contribution in [0, 0.1) is 0 Å². The van der Waals surface area contributed by atoms with Gasteiger partial charge in [-0.3, -0.25) is 4.68 Å². The SMILES string of the molecule is CNc1cc(CCN)n(C)n1. The van der Waals surface area contributed by atoms with Gasteiger partial charge in [0.1, 0.15) is 5.82 Å². The van der Waals surface area contributed by atoms with Gasteiger partial charge in [-0.05, 0) is 6.54 Å². The summed E-state index contributed by atoms with van der Waals surface area (Å²) in [6.07, 6.45) is 0.880. The van der Waals surface area contributed by atoms with Crippen molar-refractivity contribution in [1.82, 2.24) is 9.78 Å². The van der Waals surface area contributed by atoms with Crippen LogP contribution in [-0.4, -0.2) is 23.4 Å². The molecule has 0 saturated carbocycles. The zero-order chi connectivity index (χ0) is 8.27. The molecule has 0 aliphatic carbocycles. The maximum absolute atomic E-state index is 5.42. The number of aromatic nitrogens is 2. The second-order valence-electron chi connectivity index (χ2n) is 2.43. The average molecular weight is 154 g/mol. The van der Waals surface area contributed by atoms with E-state index in [1.807, 2.05) is 24.8 Å². The molecule has 1 aromatic rings. The first-order valence-corrected chi connectivity index (χ1v) is 3.68. The van der Waals surface area contributed by atoms with Crippen molar-refractivity contribution < 1.29 is 0 Å². The van der Waals surface area contributed by atoms with E-state index in [9.17, 15) is 0 Å². The predicted octanol–water partition coefficient (Wildman–Crippen LogP) is -0.0370. The van der Waals surface area contributed by atoms with Crippen molar-refractivity contribution in [2.75, 3.05) is 18.9 Å². The molecule has 0 radical (unpaired) electrons. The maximum atomic E-state index is 5.42. The summed E-state index contributed by atoms with van der Waals surface area (Å²) in [6, 6.07) is 2.01. The van der Waals surface area contributed by atoms with E-state index in [1.165, 1.54) is 0 Å². The summed E-state index contributed by atoms with van der Waals surface area (Å²) in [6.45, 7) is 0.669. The Balaban J connectivity index is 2.79. The van der Waals surface area contributed by atoms with Crippen LogP contribution in [0.2, 0.25) is 0 Å². The van der Waals surface area contributed by atoms with Crippen LogP contribution in [-0.2, 0) is 13.5 Å². The highest BCUT2D eigenvalue weighted by Gasteiger charge is 2.00. The van der Waals surface area contributed by atoms with Crippen LogP contribution >= 0.6 is 0 Å². The molecule has 0 aromatic carbocycles. The zero-order valence-corrected chi connectivity index (χ0v) is 6.96. The molecule has 0 spiro atoms. The van der Waals surface area contributed by atoms with Gasteiger partial charge in [-0.2, -0.15) is 5.10 Å². The second-order valence-corrected chi connectivity index (χ2v) is 2.43. The first-order chi connectivity index (χ1) is 5.27. The summed E-state index contributed by atoms with van der Waals surface area (Å²) in [4.78, 5) is 0. The standard InChI is InChI=1S/C7H14N4/c1-9-7-5-6(3-4-8)11(2)10-7/h5H,3-4,8H2,1-2H3,(H,9,10). The molecular weight excluding hydrogens is 140 g/mol. The van der Waals surface area contributed by atoms with Gasteiger partial charge in [-0.15, -0.1) is 0 Å². The summed E-state index contributed by atoms with van der Waals surface area (Å²) >= 11 is 0. The topological polar surface area (TPSA) is 55.9 Å². The van der Waals surface area contributed by atoms with Crippen LogP contribution in [0.25, 0.3) is 0 Å². The molecule has 1 heterocycles. The minimum Gasteiger partial charge on any atom is -0.372 e. The molecular formula is C7H14N4. The van der Waals surface area contributed by atoms with Gasteiger partial charge in [0.25, 0.3) is 0 Å². The summed E-state index contributed by atoms with van der Waals surface area (Å²) in [5.41, 5.74) is 6.58. The molecule has 0 atom stereocenters. The van der Waals surface area contributed by atoms with Gasteiger partial charge in [0.2, 0.25) is 0 Å². The quantitative estimate of drug-likeness (QED) is 0.642. The Morgan fingerprint density at radius 1 is 1.73 bits per heavy atom. The van der Waals surface area contributed by atoms with Crippen LogP contribution in [0.15, 0.2) is 6.07 Å². The lowest BCUT2D eigenvalue weighted by Crippen LogP contribution is -2.06. The molecule has 0 unspecified atom stereocenters. The fourth-order valence-electron chi connectivity index (χ4n) is 1.01. The number of nitrogens with one attached hydrogen (secondary N) is 1. The molecule has 11 heavy (non-hydrogen) atoms. The Hall–Kier alpha value is -1.03. The van der Waals surface area contributed by atoms with Crippen molar-refractivity contribution in [3.63, 3.8) is 0 Å². The molecule has 0 aliphatic rings. The fourth-order valence-corrected chi connectivity index (χ4v) is 1.01. The maximum Gasteiger partial charge on any atom is 0.148 e. The van der Waals surface area contributed by atoms with Gasteiger partial charge in [0.15, 0.2) is 0 Å². The van der Waals surface area contributed by atoms with Crippen molar-refractivity contribution in [1.29, 1.82) is 0 Å². The van der Waals surface area contributed by atoms with E-state index in [-0.39, 0.29) is 0 Å². The lowest BCUT2D eigenvalue weighted by atomic mass is 10.3. The molecule has 1 rings (SSSR count). The third-order valence-electron chi connectivity index (χ3n) is 1.63. The van der Waals surface area contributed by atoms with E-state index in [0.29, 0.717) is 6.54 Å². The fraction of sp³-hybridized carbons (Fsp3) is 0.571. The highest BCUT2D eigenvalue weighted by atomic mass is 15.3. The number of hydrogen-bond acceptors (Lipinski definition) is 3. The van der Waals surface area contributed by atoms with Crippen LogP contribution in [0.3, 0.4) is 0 Å². The smallest absolute Gasteiger partial charge is 0.148 e. The van der Waals surface area contributed by atoms with Gasteiger partial charge in [0.05, 0.1) is 0 Å². The van der Waals surface area contributed by atoms with E-state index in [0.717, 1.165) is 17.9 Å². The Kier molecular flexibility index (Phi) is 2.48. The highest BCUT2D eigenvalue weighted by molar-refractivity contribution is 5.34. The molecule has 1 aromatic heterocycles. The molecule has 4 nitrogen and oxygen atoms in total. The lowest BCUT2D eigenvalue weighted by Gasteiger charge is -1.95. The first-order valence-electron chi connectivity index (χ1n) is 3.68. The zero-order valence-electron chi connectivity index (χ0n) is 6.96. The number of aryl methyl sites for hydroxylation is 1. The van der Waals surface area contributed by atoms with E-state index in [4.69, 9.17) is 5.73 Å². The average Bonchev–Trinajstić information content (AvgIpc) is 2.33. The van der Waals surface area contributed by atoms with Crippen LogP contribution in [0.5, 0.6) is 0 Å². The lowest BCUT2D eigenvalue weighted by molar-refractivity contribution is 0.708. The minimum absolute atomic E-state index is 0.669. The monoisotopic (exact) mass is 154 g/mol. The summed E-state index contributed by atoms with van der Waals surface area (Å²) in [5.74, 6) is 0.899. The molecule has 0 aliphatic heterocycles.